The Morgan fingerprint density at radius 2 is 1.82 bits per heavy atom. The van der Waals surface area contributed by atoms with E-state index in [9.17, 15) is 9.18 Å². The molecule has 1 amide bonds. The maximum Gasteiger partial charge on any atom is 0.227 e. The van der Waals surface area contributed by atoms with Crippen LogP contribution in [-0.4, -0.2) is 104 Å². The highest BCUT2D eigenvalue weighted by Gasteiger charge is 2.43. The number of amides is 1. The number of carbonyl (C=O) groups is 1. The molecule has 0 aromatic heterocycles. The lowest BCUT2D eigenvalue weighted by molar-refractivity contribution is -0.129. The first-order valence-corrected chi connectivity index (χ1v) is 17.4. The molecule has 3 fully saturated rings. The largest absolute Gasteiger partial charge is 0.350 e. The number of halogens is 1. The Bertz CT molecular complexity index is 905. The van der Waals surface area contributed by atoms with Crippen molar-refractivity contribution in [3.63, 3.8) is 0 Å². The number of allylic oxidation sites excluding steroid dienone is 1. The minimum Gasteiger partial charge on any atom is -0.350 e. The summed E-state index contributed by atoms with van der Waals surface area (Å²) in [5, 5.41) is 10.6. The van der Waals surface area contributed by atoms with Gasteiger partial charge in [-0.3, -0.25) is 14.6 Å². The van der Waals surface area contributed by atoms with E-state index in [0.29, 0.717) is 6.42 Å². The molecule has 0 saturated carbocycles. The van der Waals surface area contributed by atoms with Crippen molar-refractivity contribution in [2.75, 3.05) is 39.3 Å². The number of hydrogen-bond acceptors (Lipinski definition) is 10. The van der Waals surface area contributed by atoms with Crippen molar-refractivity contribution in [2.24, 2.45) is 22.8 Å². The van der Waals surface area contributed by atoms with E-state index in [0.717, 1.165) is 58.4 Å². The van der Waals surface area contributed by atoms with Gasteiger partial charge in [0, 0.05) is 50.8 Å². The van der Waals surface area contributed by atoms with Crippen molar-refractivity contribution >= 4 is 5.91 Å². The van der Waals surface area contributed by atoms with Crippen LogP contribution in [0, 0.1) is 11.3 Å². The quantitative estimate of drug-likeness (QED) is 0.0915. The number of rotatable bonds is 13. The minimum atomic E-state index is -1.12. The average Bonchev–Trinajstić information content (AvgIpc) is 3.44. The van der Waals surface area contributed by atoms with Gasteiger partial charge in [-0.05, 0) is 44.6 Å². The highest BCUT2D eigenvalue weighted by molar-refractivity contribution is 5.80. The molecule has 3 saturated heterocycles. The molecule has 0 spiro atoms. The number of nitrogens with one attached hydrogen (secondary N) is 5. The van der Waals surface area contributed by atoms with Crippen molar-refractivity contribution in [2.45, 2.75) is 134 Å². The molecule has 9 N–H and O–H groups in total. The number of hydroxylamine groups is 2. The molecule has 9 atom stereocenters. The van der Waals surface area contributed by atoms with Crippen LogP contribution in [0.15, 0.2) is 12.2 Å². The van der Waals surface area contributed by atoms with E-state index in [1.807, 2.05) is 6.08 Å². The summed E-state index contributed by atoms with van der Waals surface area (Å²) < 4.78 is 14.6. The molecule has 0 aromatic rings. The molecule has 4 heterocycles. The molecule has 0 aliphatic carbocycles. The average molecular weight is 624 g/mol. The highest BCUT2D eigenvalue weighted by atomic mass is 19.1. The zero-order valence-corrected chi connectivity index (χ0v) is 27.7. The number of piperazine rings is 1. The van der Waals surface area contributed by atoms with Crippen molar-refractivity contribution < 1.29 is 14.1 Å². The minimum absolute atomic E-state index is 0.0660. The number of nitrogens with two attached hydrogens (primary N) is 2. The molecule has 0 radical (unpaired) electrons. The highest BCUT2D eigenvalue weighted by Crippen LogP contribution is 2.33. The van der Waals surface area contributed by atoms with E-state index >= 15 is 0 Å². The predicted octanol–water partition coefficient (Wildman–Crippen LogP) is 1.47. The lowest BCUT2D eigenvalue weighted by Gasteiger charge is -2.48. The predicted molar refractivity (Wildman–Crippen MR) is 174 cm³/mol. The summed E-state index contributed by atoms with van der Waals surface area (Å²) in [5.74, 6) is -0.803. The molecule has 44 heavy (non-hydrogen) atoms. The smallest absolute Gasteiger partial charge is 0.227 e. The number of piperidine rings is 1. The fourth-order valence-corrected chi connectivity index (χ4v) is 7.65. The van der Waals surface area contributed by atoms with Crippen LogP contribution < -0.4 is 38.4 Å². The van der Waals surface area contributed by atoms with Crippen molar-refractivity contribution in [3.8, 4) is 0 Å². The van der Waals surface area contributed by atoms with Gasteiger partial charge in [-0.2, -0.15) is 11.0 Å². The van der Waals surface area contributed by atoms with Crippen LogP contribution in [-0.2, 0) is 9.73 Å². The van der Waals surface area contributed by atoms with Gasteiger partial charge in [-0.25, -0.2) is 9.33 Å². The van der Waals surface area contributed by atoms with E-state index in [2.05, 4.69) is 64.4 Å². The van der Waals surface area contributed by atoms with E-state index in [4.69, 9.17) is 16.4 Å². The normalized spacial score (nSPS) is 37.4. The summed E-state index contributed by atoms with van der Waals surface area (Å²) in [5.41, 5.74) is 18.6. The molecule has 4 aliphatic heterocycles. The van der Waals surface area contributed by atoms with Gasteiger partial charge in [0.15, 0.2) is 0 Å². The summed E-state index contributed by atoms with van der Waals surface area (Å²) in [6.45, 7) is 13.4. The maximum atomic E-state index is 14.6. The molecular formula is C32H62FN9O2. The van der Waals surface area contributed by atoms with Crippen LogP contribution in [0.4, 0.5) is 4.39 Å². The molecule has 254 valence electrons. The lowest BCUT2D eigenvalue weighted by atomic mass is 9.75. The molecule has 11 nitrogen and oxygen atoms in total. The summed E-state index contributed by atoms with van der Waals surface area (Å²) >= 11 is 0. The molecule has 9 unspecified atom stereocenters. The van der Waals surface area contributed by atoms with Gasteiger partial charge in [-0.15, -0.1) is 0 Å². The number of carbonyl (C=O) groups excluding carboxylic acids is 1. The maximum absolute atomic E-state index is 14.6. The first-order chi connectivity index (χ1) is 21.2. The number of alkyl halides is 1. The van der Waals surface area contributed by atoms with Crippen molar-refractivity contribution in [1.82, 2.24) is 36.7 Å². The Labute approximate surface area is 265 Å². The fourth-order valence-electron chi connectivity index (χ4n) is 7.65. The van der Waals surface area contributed by atoms with Crippen LogP contribution >= 0.6 is 0 Å². The Balaban J connectivity index is 1.50. The van der Waals surface area contributed by atoms with Crippen molar-refractivity contribution in [3.05, 3.63) is 12.2 Å². The zero-order valence-electron chi connectivity index (χ0n) is 27.7. The third-order valence-corrected chi connectivity index (χ3v) is 10.7. The summed E-state index contributed by atoms with van der Waals surface area (Å²) in [7, 11) is 0. The molecular weight excluding hydrogens is 561 g/mol. The van der Waals surface area contributed by atoms with Crippen LogP contribution in [0.25, 0.3) is 0 Å². The lowest BCUT2D eigenvalue weighted by Crippen LogP contribution is -2.69. The van der Waals surface area contributed by atoms with Crippen LogP contribution in [0.1, 0.15) is 85.5 Å². The zero-order chi connectivity index (χ0) is 31.7. The second kappa shape index (κ2) is 17.1. The number of hydrogen-bond donors (Lipinski definition) is 7. The Morgan fingerprint density at radius 1 is 1.09 bits per heavy atom. The first kappa shape index (κ1) is 35.6. The van der Waals surface area contributed by atoms with Gasteiger partial charge >= 0.3 is 0 Å². The Hall–Kier alpha value is -1.22. The van der Waals surface area contributed by atoms with Gasteiger partial charge in [-0.1, -0.05) is 65.0 Å². The number of nitrogens with zero attached hydrogens (tertiary/aromatic N) is 2. The monoisotopic (exact) mass is 624 g/mol. The third kappa shape index (κ3) is 9.42. The number of unbranched alkanes of at least 4 members (excludes halogenated alkanes) is 4. The van der Waals surface area contributed by atoms with E-state index in [1.165, 1.54) is 25.7 Å². The van der Waals surface area contributed by atoms with E-state index in [-0.39, 0.29) is 54.2 Å². The van der Waals surface area contributed by atoms with Gasteiger partial charge < -0.3 is 27.4 Å². The fraction of sp³-hybridized carbons (Fsp3) is 0.906. The Morgan fingerprint density at radius 3 is 2.48 bits per heavy atom. The Kier molecular flexibility index (Phi) is 13.8. The van der Waals surface area contributed by atoms with Gasteiger partial charge in [0.05, 0.1) is 24.2 Å². The van der Waals surface area contributed by atoms with E-state index < -0.39 is 18.3 Å². The summed E-state index contributed by atoms with van der Waals surface area (Å²) in [4.78, 5) is 24.6. The molecule has 4 aliphatic rings. The topological polar surface area (TPSA) is 145 Å². The second-order valence-corrected chi connectivity index (χ2v) is 14.0. The van der Waals surface area contributed by atoms with Gasteiger partial charge in [0.1, 0.15) is 12.3 Å². The van der Waals surface area contributed by atoms with Crippen molar-refractivity contribution in [1.29, 1.82) is 0 Å². The van der Waals surface area contributed by atoms with Crippen LogP contribution in [0.2, 0.25) is 0 Å². The molecule has 0 aromatic carbocycles. The van der Waals surface area contributed by atoms with Gasteiger partial charge in [0.2, 0.25) is 5.91 Å². The second-order valence-electron chi connectivity index (χ2n) is 14.0. The third-order valence-electron chi connectivity index (χ3n) is 10.7. The summed E-state index contributed by atoms with van der Waals surface area (Å²) in [6, 6.07) is 0.201. The van der Waals surface area contributed by atoms with Crippen LogP contribution in [0.3, 0.4) is 0 Å². The van der Waals surface area contributed by atoms with Crippen LogP contribution in [0.5, 0.6) is 0 Å². The first-order valence-electron chi connectivity index (χ1n) is 17.4. The molecule has 0 bridgehead atoms. The summed E-state index contributed by atoms with van der Waals surface area (Å²) in [6.07, 6.45) is 11.3. The SMILES string of the molecule is CCCCCCCC1NCCC(N2CCN(C3NONC3C)CC2)C1NC(=O)C(C(N)N)C1CC(C)(CC)/C=C\C(F)CN1. The molecule has 12 heteroatoms. The van der Waals surface area contributed by atoms with E-state index in [1.54, 1.807) is 6.08 Å². The van der Waals surface area contributed by atoms with Gasteiger partial charge in [0.25, 0.3) is 0 Å². The molecule has 4 rings (SSSR count). The standard InChI is InChI=1S/C32H62FN9O2/c1-5-7-8-9-10-11-24-28(26(13-15-36-24)41-16-18-42(19-17-41)30-22(3)39-44-40-30)38-31(43)27(29(34)35)25-20-32(4,6-2)14-12-23(33)21-37-25/h12,14,22-30,36-37,39-40H,5-11,13,15-21,34-35H2,1-4H3,(H,38,43)/b14-12-.